The Kier molecular flexibility index (Phi) is 4.00. The van der Waals surface area contributed by atoms with Crippen molar-refractivity contribution in [2.75, 3.05) is 18.4 Å². The van der Waals surface area contributed by atoms with Crippen molar-refractivity contribution in [3.63, 3.8) is 0 Å². The van der Waals surface area contributed by atoms with Crippen LogP contribution in [0.3, 0.4) is 0 Å². The summed E-state index contributed by atoms with van der Waals surface area (Å²) in [5.74, 6) is 0.681. The molecule has 0 spiro atoms. The lowest BCUT2D eigenvalue weighted by atomic mass is 10.2. The Morgan fingerprint density at radius 1 is 1.08 bits per heavy atom. The van der Waals surface area contributed by atoms with Crippen LogP contribution in [-0.4, -0.2) is 28.8 Å². The highest BCUT2D eigenvalue weighted by Crippen LogP contribution is 2.34. The van der Waals surface area contributed by atoms with Gasteiger partial charge in [0.1, 0.15) is 0 Å². The summed E-state index contributed by atoms with van der Waals surface area (Å²) in [4.78, 5) is 4.35. The fourth-order valence-corrected chi connectivity index (χ4v) is 3.36. The molecule has 0 saturated carbocycles. The molecular weight excluding hydrogens is 369 g/mol. The van der Waals surface area contributed by atoms with Crippen molar-refractivity contribution in [3.8, 4) is 5.69 Å². The summed E-state index contributed by atoms with van der Waals surface area (Å²) in [6.07, 6.45) is 1.76. The van der Waals surface area contributed by atoms with Gasteiger partial charge in [0.2, 0.25) is 0 Å². The van der Waals surface area contributed by atoms with E-state index in [1.54, 1.807) is 16.9 Å². The fraction of sp³-hybridized carbons (Fsp3) is 0.125. The molecule has 0 unspecified atom stereocenters. The number of nitrogens with one attached hydrogen (secondary N) is 2. The third-order valence-electron chi connectivity index (χ3n) is 3.71. The summed E-state index contributed by atoms with van der Waals surface area (Å²) in [7, 11) is 0. The lowest BCUT2D eigenvalue weighted by molar-refractivity contribution is 0.912. The lowest BCUT2D eigenvalue weighted by Gasteiger charge is -2.15. The second kappa shape index (κ2) is 6.16. The highest BCUT2D eigenvalue weighted by atomic mass is 35.5. The number of aromatic nitrogens is 2. The Labute approximate surface area is 153 Å². The normalized spacial score (nSPS) is 13.9. The number of hydrogen-bond acceptors (Lipinski definition) is 4. The first-order valence-corrected chi connectivity index (χ1v) is 8.43. The minimum absolute atomic E-state index is 0.492. The maximum atomic E-state index is 6.41. The Balaban J connectivity index is 1.89. The second-order valence-corrected chi connectivity index (χ2v) is 6.60. The average molecular weight is 381 g/mol. The van der Waals surface area contributed by atoms with Gasteiger partial charge in [0.05, 0.1) is 34.7 Å². The van der Waals surface area contributed by atoms with E-state index in [0.717, 1.165) is 29.7 Å². The van der Waals surface area contributed by atoms with Gasteiger partial charge in [0.15, 0.2) is 5.96 Å². The molecule has 0 aliphatic carbocycles. The van der Waals surface area contributed by atoms with Gasteiger partial charge in [0, 0.05) is 22.0 Å². The number of fused-ring (bicyclic) bond motifs is 1. The Morgan fingerprint density at radius 3 is 2.75 bits per heavy atom. The molecule has 1 aliphatic heterocycles. The van der Waals surface area contributed by atoms with E-state index in [0.29, 0.717) is 26.7 Å². The smallest absolute Gasteiger partial charge is 0.196 e. The summed E-state index contributed by atoms with van der Waals surface area (Å²) >= 11 is 18.7. The molecule has 0 atom stereocenters. The van der Waals surface area contributed by atoms with E-state index in [9.17, 15) is 0 Å². The van der Waals surface area contributed by atoms with Crippen molar-refractivity contribution in [2.24, 2.45) is 4.99 Å². The van der Waals surface area contributed by atoms with E-state index in [2.05, 4.69) is 20.7 Å². The van der Waals surface area contributed by atoms with Gasteiger partial charge >= 0.3 is 0 Å². The molecule has 8 heteroatoms. The molecular formula is C16H12Cl3N5. The van der Waals surface area contributed by atoms with Crippen LogP contribution < -0.4 is 10.6 Å². The van der Waals surface area contributed by atoms with Crippen molar-refractivity contribution in [1.29, 1.82) is 0 Å². The van der Waals surface area contributed by atoms with Crippen LogP contribution >= 0.6 is 34.8 Å². The van der Waals surface area contributed by atoms with Crippen molar-refractivity contribution >= 4 is 57.4 Å². The lowest BCUT2D eigenvalue weighted by Crippen LogP contribution is -2.27. The molecule has 0 fully saturated rings. The Bertz CT molecular complexity index is 964. The van der Waals surface area contributed by atoms with Gasteiger partial charge in [-0.05, 0) is 30.3 Å². The summed E-state index contributed by atoms with van der Waals surface area (Å²) in [5, 5.41) is 13.5. The first-order chi connectivity index (χ1) is 11.6. The zero-order valence-electron chi connectivity index (χ0n) is 12.4. The maximum Gasteiger partial charge on any atom is 0.196 e. The molecule has 1 aromatic heterocycles. The van der Waals surface area contributed by atoms with Crippen molar-refractivity contribution in [1.82, 2.24) is 15.1 Å². The predicted octanol–water partition coefficient (Wildman–Crippen LogP) is 4.36. The summed E-state index contributed by atoms with van der Waals surface area (Å²) in [6, 6.07) is 9.10. The summed E-state index contributed by atoms with van der Waals surface area (Å²) in [6.45, 7) is 1.53. The molecule has 1 aliphatic rings. The molecule has 0 amide bonds. The highest BCUT2D eigenvalue weighted by molar-refractivity contribution is 6.37. The zero-order valence-corrected chi connectivity index (χ0v) is 14.6. The number of guanidine groups is 1. The van der Waals surface area contributed by atoms with E-state index in [1.807, 2.05) is 24.3 Å². The number of rotatable bonds is 2. The molecule has 2 N–H and O–H groups in total. The average Bonchev–Trinajstić information content (AvgIpc) is 3.18. The number of nitrogens with zero attached hydrogens (tertiary/aromatic N) is 3. The van der Waals surface area contributed by atoms with Gasteiger partial charge in [-0.1, -0.05) is 34.8 Å². The number of hydrogen-bond donors (Lipinski definition) is 2. The zero-order chi connectivity index (χ0) is 16.7. The predicted molar refractivity (Wildman–Crippen MR) is 100 cm³/mol. The van der Waals surface area contributed by atoms with Crippen LogP contribution in [0.5, 0.6) is 0 Å². The maximum absolute atomic E-state index is 6.41. The van der Waals surface area contributed by atoms with Crippen LogP contribution in [-0.2, 0) is 0 Å². The van der Waals surface area contributed by atoms with Crippen molar-refractivity contribution in [3.05, 3.63) is 51.6 Å². The molecule has 122 valence electrons. The van der Waals surface area contributed by atoms with Crippen LogP contribution in [0.15, 0.2) is 41.5 Å². The number of aliphatic imine (C=N–C) groups is 1. The summed E-state index contributed by atoms with van der Waals surface area (Å²) in [5.41, 5.74) is 2.33. The fourth-order valence-electron chi connectivity index (χ4n) is 2.65. The number of anilines is 1. The van der Waals surface area contributed by atoms with Crippen LogP contribution in [0, 0.1) is 0 Å². The quantitative estimate of drug-likeness (QED) is 0.694. The van der Waals surface area contributed by atoms with Crippen molar-refractivity contribution in [2.45, 2.75) is 0 Å². The van der Waals surface area contributed by atoms with Crippen LogP contribution in [0.1, 0.15) is 0 Å². The van der Waals surface area contributed by atoms with E-state index >= 15 is 0 Å². The monoisotopic (exact) mass is 379 g/mol. The topological polar surface area (TPSA) is 54.2 Å². The third-order valence-corrected chi connectivity index (χ3v) is 4.46. The minimum Gasteiger partial charge on any atom is -0.354 e. The second-order valence-electron chi connectivity index (χ2n) is 5.32. The molecule has 5 nitrogen and oxygen atoms in total. The van der Waals surface area contributed by atoms with Gasteiger partial charge in [-0.2, -0.15) is 5.10 Å². The SMILES string of the molecule is Clc1cc(Cl)c(NC2=NCCN2)c(-n2ncc3cc(Cl)ccc32)c1. The van der Waals surface area contributed by atoms with Crippen LogP contribution in [0.25, 0.3) is 16.6 Å². The standard InChI is InChI=1S/C16H12Cl3N5/c17-10-1-2-13-9(5-10)8-22-24(13)14-7-11(18)6-12(19)15(14)23-16-20-3-4-21-16/h1-2,5-8H,3-4H2,(H2,20,21,23). The molecule has 0 saturated heterocycles. The highest BCUT2D eigenvalue weighted by Gasteiger charge is 2.17. The minimum atomic E-state index is 0.492. The molecule has 2 heterocycles. The van der Waals surface area contributed by atoms with E-state index in [4.69, 9.17) is 34.8 Å². The van der Waals surface area contributed by atoms with Gasteiger partial charge in [-0.15, -0.1) is 0 Å². The molecule has 3 aromatic rings. The molecule has 4 rings (SSSR count). The van der Waals surface area contributed by atoms with E-state index < -0.39 is 0 Å². The Hall–Kier alpha value is -1.95. The molecule has 0 bridgehead atoms. The van der Waals surface area contributed by atoms with Crippen LogP contribution in [0.2, 0.25) is 15.1 Å². The van der Waals surface area contributed by atoms with E-state index in [1.165, 1.54) is 0 Å². The number of benzene rings is 2. The molecule has 24 heavy (non-hydrogen) atoms. The first-order valence-electron chi connectivity index (χ1n) is 7.30. The Morgan fingerprint density at radius 2 is 1.96 bits per heavy atom. The van der Waals surface area contributed by atoms with E-state index in [-0.39, 0.29) is 0 Å². The number of halogens is 3. The van der Waals surface area contributed by atoms with Crippen molar-refractivity contribution < 1.29 is 0 Å². The molecule has 2 aromatic carbocycles. The molecule has 0 radical (unpaired) electrons. The first kappa shape index (κ1) is 15.6. The van der Waals surface area contributed by atoms with Gasteiger partial charge in [-0.3, -0.25) is 4.99 Å². The van der Waals surface area contributed by atoms with Gasteiger partial charge < -0.3 is 10.6 Å². The summed E-state index contributed by atoms with van der Waals surface area (Å²) < 4.78 is 1.78. The van der Waals surface area contributed by atoms with Gasteiger partial charge in [-0.25, -0.2) is 4.68 Å². The van der Waals surface area contributed by atoms with Crippen LogP contribution in [0.4, 0.5) is 5.69 Å². The third kappa shape index (κ3) is 2.79. The van der Waals surface area contributed by atoms with Gasteiger partial charge in [0.25, 0.3) is 0 Å². The largest absolute Gasteiger partial charge is 0.354 e.